The number of alkyl halides is 3. The van der Waals surface area contributed by atoms with E-state index in [1.165, 1.54) is 5.56 Å². The Balaban J connectivity index is 1.17. The van der Waals surface area contributed by atoms with Crippen LogP contribution in [0.2, 0.25) is 0 Å². The smallest absolute Gasteiger partial charge is 0.449 e. The number of rotatable bonds is 4. The number of carbonyl (C=O) groups excluding carboxylic acids is 2. The lowest BCUT2D eigenvalue weighted by Crippen LogP contribution is -2.50. The summed E-state index contributed by atoms with van der Waals surface area (Å²) in [6.07, 6.45) is 1.22. The Hall–Kier alpha value is -3.56. The quantitative estimate of drug-likeness (QED) is 0.433. The van der Waals surface area contributed by atoms with Crippen molar-refractivity contribution >= 4 is 22.8 Å². The van der Waals surface area contributed by atoms with Crippen molar-refractivity contribution in [3.05, 3.63) is 59.9 Å². The maximum Gasteiger partial charge on any atom is 0.449 e. The average molecular weight is 571 g/mol. The summed E-state index contributed by atoms with van der Waals surface area (Å²) in [6.45, 7) is 2.06. The molecule has 0 saturated carbocycles. The number of likely N-dealkylation sites (tertiary alicyclic amines) is 1. The second kappa shape index (κ2) is 12.5. The molecular formula is C31H37F3N4O3. The molecule has 0 aliphatic carbocycles. The van der Waals surface area contributed by atoms with E-state index in [-0.39, 0.29) is 36.7 Å². The van der Waals surface area contributed by atoms with Crippen molar-refractivity contribution < 1.29 is 27.5 Å². The number of piperidine rings is 1. The average Bonchev–Trinajstić information content (AvgIpc) is 3.35. The van der Waals surface area contributed by atoms with Crippen molar-refractivity contribution in [2.45, 2.75) is 70.5 Å². The Morgan fingerprint density at radius 3 is 2.56 bits per heavy atom. The zero-order valence-electron chi connectivity index (χ0n) is 23.2. The molecule has 1 N–H and O–H groups in total. The molecule has 10 heteroatoms. The van der Waals surface area contributed by atoms with E-state index >= 15 is 0 Å². The second-order valence-electron chi connectivity index (χ2n) is 11.1. The predicted octanol–water partition coefficient (Wildman–Crippen LogP) is 5.76. The van der Waals surface area contributed by atoms with Gasteiger partial charge in [0.2, 0.25) is 17.6 Å². The third-order valence-corrected chi connectivity index (χ3v) is 8.42. The molecule has 2 aromatic carbocycles. The minimum Gasteiger partial charge on any atom is -0.493 e. The Morgan fingerprint density at radius 2 is 1.76 bits per heavy atom. The van der Waals surface area contributed by atoms with E-state index < -0.39 is 17.4 Å². The molecular weight excluding hydrogens is 533 g/mol. The summed E-state index contributed by atoms with van der Waals surface area (Å²) in [6, 6.07) is 14.6. The van der Waals surface area contributed by atoms with E-state index in [0.29, 0.717) is 51.0 Å². The van der Waals surface area contributed by atoms with Crippen LogP contribution in [0.15, 0.2) is 48.5 Å². The van der Waals surface area contributed by atoms with Crippen LogP contribution in [0.25, 0.3) is 11.0 Å². The first-order valence-electron chi connectivity index (χ1n) is 14.6. The number of nitrogens with one attached hydrogen (secondary N) is 1. The molecule has 1 spiro atoms. The van der Waals surface area contributed by atoms with Gasteiger partial charge in [-0.15, -0.1) is 0 Å². The van der Waals surface area contributed by atoms with Gasteiger partial charge < -0.3 is 19.5 Å². The Kier molecular flexibility index (Phi) is 8.85. The molecule has 5 rings (SSSR count). The fourth-order valence-electron chi connectivity index (χ4n) is 6.11. The van der Waals surface area contributed by atoms with E-state index in [1.54, 1.807) is 29.2 Å². The Morgan fingerprint density at radius 1 is 1.00 bits per heavy atom. The van der Waals surface area contributed by atoms with Crippen molar-refractivity contribution in [3.8, 4) is 5.75 Å². The van der Waals surface area contributed by atoms with Gasteiger partial charge in [-0.3, -0.25) is 9.59 Å². The normalized spacial score (nSPS) is 18.5. The number of para-hydroxylation sites is 3. The molecule has 2 aliphatic heterocycles. The van der Waals surface area contributed by atoms with Gasteiger partial charge in [0.1, 0.15) is 5.75 Å². The van der Waals surface area contributed by atoms with Gasteiger partial charge in [-0.1, -0.05) is 36.8 Å². The highest BCUT2D eigenvalue weighted by molar-refractivity contribution is 5.83. The summed E-state index contributed by atoms with van der Waals surface area (Å²) in [5, 5.41) is 3.11. The van der Waals surface area contributed by atoms with E-state index in [9.17, 15) is 22.8 Å². The molecule has 0 atom stereocenters. The van der Waals surface area contributed by atoms with Crippen LogP contribution < -0.4 is 10.1 Å². The third kappa shape index (κ3) is 6.68. The molecule has 7 nitrogen and oxygen atoms in total. The number of aryl methyl sites for hydroxylation is 2. The SMILES string of the molecule is O=C(CCCn1c(C(F)(F)F)nc2ccccc21)N1CCC2(CCCCc3ccccc3OCCCNC2=O)CC1. The van der Waals surface area contributed by atoms with Gasteiger partial charge in [0, 0.05) is 32.6 Å². The molecule has 3 heterocycles. The molecule has 0 unspecified atom stereocenters. The number of aromatic nitrogens is 2. The molecule has 1 saturated heterocycles. The number of carbonyl (C=O) groups is 2. The number of hydrogen-bond donors (Lipinski definition) is 1. The van der Waals surface area contributed by atoms with Crippen molar-refractivity contribution in [1.29, 1.82) is 0 Å². The highest BCUT2D eigenvalue weighted by Gasteiger charge is 2.41. The van der Waals surface area contributed by atoms with E-state index in [1.807, 2.05) is 18.2 Å². The summed E-state index contributed by atoms with van der Waals surface area (Å²) < 4.78 is 47.9. The Bertz CT molecular complexity index is 1360. The summed E-state index contributed by atoms with van der Waals surface area (Å²) in [5.74, 6) is -0.0644. The van der Waals surface area contributed by atoms with Gasteiger partial charge in [0.05, 0.1) is 23.1 Å². The molecule has 2 aliphatic rings. The first-order chi connectivity index (χ1) is 19.8. The first kappa shape index (κ1) is 29.0. The maximum absolute atomic E-state index is 13.6. The summed E-state index contributed by atoms with van der Waals surface area (Å²) in [5.41, 5.74) is 1.37. The minimum atomic E-state index is -4.58. The lowest BCUT2D eigenvalue weighted by atomic mass is 9.73. The first-order valence-corrected chi connectivity index (χ1v) is 14.6. The summed E-state index contributed by atoms with van der Waals surface area (Å²) in [4.78, 5) is 31.9. The van der Waals surface area contributed by atoms with Gasteiger partial charge in [0.15, 0.2) is 0 Å². The van der Waals surface area contributed by atoms with Crippen molar-refractivity contribution in [2.75, 3.05) is 26.2 Å². The van der Waals surface area contributed by atoms with Gasteiger partial charge >= 0.3 is 6.18 Å². The molecule has 3 aromatic rings. The van der Waals surface area contributed by atoms with Crippen LogP contribution in [0.3, 0.4) is 0 Å². The fourth-order valence-corrected chi connectivity index (χ4v) is 6.11. The Labute approximate surface area is 238 Å². The monoisotopic (exact) mass is 570 g/mol. The largest absolute Gasteiger partial charge is 0.493 e. The highest BCUT2D eigenvalue weighted by atomic mass is 19.4. The number of hydrogen-bond acceptors (Lipinski definition) is 4. The zero-order valence-corrected chi connectivity index (χ0v) is 23.2. The number of amides is 2. The van der Waals surface area contributed by atoms with E-state index in [4.69, 9.17) is 4.74 Å². The summed E-state index contributed by atoms with van der Waals surface area (Å²) >= 11 is 0. The molecule has 0 radical (unpaired) electrons. The van der Waals surface area contributed by atoms with Crippen LogP contribution >= 0.6 is 0 Å². The number of imidazole rings is 1. The van der Waals surface area contributed by atoms with Crippen LogP contribution in [-0.2, 0) is 28.7 Å². The van der Waals surface area contributed by atoms with E-state index in [0.717, 1.165) is 36.0 Å². The minimum absolute atomic E-state index is 0.0491. The number of fused-ring (bicyclic) bond motifs is 2. The van der Waals surface area contributed by atoms with Crippen molar-refractivity contribution in [1.82, 2.24) is 19.8 Å². The lowest BCUT2D eigenvalue weighted by Gasteiger charge is -2.41. The highest BCUT2D eigenvalue weighted by Crippen LogP contribution is 2.38. The predicted molar refractivity (Wildman–Crippen MR) is 149 cm³/mol. The van der Waals surface area contributed by atoms with Crippen molar-refractivity contribution in [3.63, 3.8) is 0 Å². The standard InChI is InChI=1S/C31H37F3N4O3/c32-31(33,34)28-36-24-11-2-3-12-25(24)38(28)19-7-14-27(39)37-20-16-30(17-21-37)15-6-5-10-23-9-1-4-13-26(23)41-22-8-18-35-29(30)40/h1-4,9,11-13H,5-8,10,14-22H2,(H,35,40). The van der Waals surface area contributed by atoms with Crippen LogP contribution in [-0.4, -0.2) is 52.5 Å². The number of nitrogens with zero attached hydrogens (tertiary/aromatic N) is 3. The van der Waals surface area contributed by atoms with Gasteiger partial charge in [-0.05, 0) is 68.7 Å². The second-order valence-corrected chi connectivity index (χ2v) is 11.1. The molecule has 220 valence electrons. The van der Waals surface area contributed by atoms with E-state index in [2.05, 4.69) is 16.4 Å². The zero-order chi connectivity index (χ0) is 28.9. The molecule has 41 heavy (non-hydrogen) atoms. The van der Waals surface area contributed by atoms with Crippen LogP contribution in [0.4, 0.5) is 13.2 Å². The molecule has 0 bridgehead atoms. The molecule has 1 fully saturated rings. The number of benzene rings is 2. The third-order valence-electron chi connectivity index (χ3n) is 8.42. The molecule has 2 amide bonds. The fraction of sp³-hybridized carbons (Fsp3) is 0.516. The number of ether oxygens (including phenoxy) is 1. The van der Waals surface area contributed by atoms with Crippen LogP contribution in [0.5, 0.6) is 5.75 Å². The molecule has 1 aromatic heterocycles. The van der Waals surface area contributed by atoms with Gasteiger partial charge in [-0.25, -0.2) is 4.98 Å². The lowest BCUT2D eigenvalue weighted by molar-refractivity contribution is -0.147. The van der Waals surface area contributed by atoms with Crippen molar-refractivity contribution in [2.24, 2.45) is 5.41 Å². The number of halogens is 3. The van der Waals surface area contributed by atoms with Crippen LogP contribution in [0.1, 0.15) is 62.8 Å². The van der Waals surface area contributed by atoms with Gasteiger partial charge in [-0.2, -0.15) is 13.2 Å². The topological polar surface area (TPSA) is 76.5 Å². The van der Waals surface area contributed by atoms with Gasteiger partial charge in [0.25, 0.3) is 0 Å². The summed E-state index contributed by atoms with van der Waals surface area (Å²) in [7, 11) is 0. The maximum atomic E-state index is 13.6. The van der Waals surface area contributed by atoms with Crippen LogP contribution in [0, 0.1) is 5.41 Å².